The van der Waals surface area contributed by atoms with Crippen molar-refractivity contribution in [2.75, 3.05) is 5.32 Å². The Hall–Kier alpha value is -5.44. The Bertz CT molecular complexity index is 1470. The zero-order valence-electron chi connectivity index (χ0n) is 20.3. The number of esters is 1. The predicted octanol–water partition coefficient (Wildman–Crippen LogP) is 4.53. The summed E-state index contributed by atoms with van der Waals surface area (Å²) in [5, 5.41) is 2.65. The van der Waals surface area contributed by atoms with Gasteiger partial charge in [0.25, 0.3) is 17.7 Å². The second kappa shape index (κ2) is 12.0. The SMILES string of the molecule is Cc1ccc(C(=O)Oc2ccccc2/C=C/C(=O)NNC(=O)c2ccc(NC(=O)c3ccco3)cc2)cc1. The summed E-state index contributed by atoms with van der Waals surface area (Å²) in [6.45, 7) is 1.92. The number of ether oxygens (including phenoxy) is 1. The van der Waals surface area contributed by atoms with Crippen molar-refractivity contribution in [1.82, 2.24) is 10.9 Å². The minimum absolute atomic E-state index is 0.162. The summed E-state index contributed by atoms with van der Waals surface area (Å²) in [5.74, 6) is -1.64. The van der Waals surface area contributed by atoms with E-state index in [0.717, 1.165) is 5.56 Å². The van der Waals surface area contributed by atoms with Gasteiger partial charge in [-0.05, 0) is 67.6 Å². The number of rotatable bonds is 7. The summed E-state index contributed by atoms with van der Waals surface area (Å²) in [4.78, 5) is 49.1. The molecule has 9 heteroatoms. The zero-order chi connectivity index (χ0) is 26.9. The van der Waals surface area contributed by atoms with Crippen LogP contribution in [0.15, 0.2) is 102 Å². The molecule has 4 rings (SSSR count). The van der Waals surface area contributed by atoms with Crippen LogP contribution in [-0.4, -0.2) is 23.7 Å². The number of hydrogen-bond donors (Lipinski definition) is 3. The summed E-state index contributed by atoms with van der Waals surface area (Å²) in [6, 6.07) is 23.0. The Balaban J connectivity index is 1.30. The van der Waals surface area contributed by atoms with Crippen molar-refractivity contribution in [2.45, 2.75) is 6.92 Å². The van der Waals surface area contributed by atoms with Crippen molar-refractivity contribution < 1.29 is 28.3 Å². The highest BCUT2D eigenvalue weighted by Gasteiger charge is 2.12. The maximum Gasteiger partial charge on any atom is 0.343 e. The first kappa shape index (κ1) is 25.6. The van der Waals surface area contributed by atoms with E-state index in [1.165, 1.54) is 36.6 Å². The third-order valence-corrected chi connectivity index (χ3v) is 5.27. The molecule has 3 N–H and O–H groups in total. The Morgan fingerprint density at radius 3 is 2.18 bits per heavy atom. The number of hydrazine groups is 1. The van der Waals surface area contributed by atoms with Crippen LogP contribution in [0, 0.1) is 6.92 Å². The van der Waals surface area contributed by atoms with Crippen LogP contribution < -0.4 is 20.9 Å². The van der Waals surface area contributed by atoms with Crippen LogP contribution in [-0.2, 0) is 4.79 Å². The standard InChI is InChI=1S/C29H23N3O6/c1-19-8-10-22(11-9-19)29(36)38-24-6-3-2-5-20(24)14-17-26(33)31-32-27(34)21-12-15-23(16-13-21)30-28(35)25-7-4-18-37-25/h2-18H,1H3,(H,30,35)(H,31,33)(H,32,34)/b17-14+. The molecule has 190 valence electrons. The van der Waals surface area contributed by atoms with Gasteiger partial charge in [0.05, 0.1) is 11.8 Å². The second-order valence-electron chi connectivity index (χ2n) is 8.08. The van der Waals surface area contributed by atoms with Crippen LogP contribution in [0.25, 0.3) is 6.08 Å². The molecular weight excluding hydrogens is 486 g/mol. The lowest BCUT2D eigenvalue weighted by molar-refractivity contribution is -0.117. The lowest BCUT2D eigenvalue weighted by atomic mass is 10.1. The second-order valence-corrected chi connectivity index (χ2v) is 8.08. The molecule has 1 heterocycles. The van der Waals surface area contributed by atoms with Crippen molar-refractivity contribution in [3.05, 3.63) is 125 Å². The number of amides is 3. The van der Waals surface area contributed by atoms with Gasteiger partial charge in [0.1, 0.15) is 5.75 Å². The summed E-state index contributed by atoms with van der Waals surface area (Å²) in [7, 11) is 0. The van der Waals surface area contributed by atoms with Crippen LogP contribution in [0.4, 0.5) is 5.69 Å². The van der Waals surface area contributed by atoms with Gasteiger partial charge in [0.15, 0.2) is 5.76 Å². The highest BCUT2D eigenvalue weighted by atomic mass is 16.5. The molecule has 3 aromatic carbocycles. The molecule has 0 aliphatic heterocycles. The van der Waals surface area contributed by atoms with Crippen LogP contribution in [0.2, 0.25) is 0 Å². The average Bonchev–Trinajstić information content (AvgIpc) is 3.47. The van der Waals surface area contributed by atoms with E-state index in [4.69, 9.17) is 9.15 Å². The predicted molar refractivity (Wildman–Crippen MR) is 140 cm³/mol. The molecule has 0 aliphatic rings. The van der Waals surface area contributed by atoms with Gasteiger partial charge in [-0.2, -0.15) is 0 Å². The molecule has 0 spiro atoms. The van der Waals surface area contributed by atoms with Crippen LogP contribution in [0.1, 0.15) is 42.4 Å². The molecule has 9 nitrogen and oxygen atoms in total. The third kappa shape index (κ3) is 6.82. The van der Waals surface area contributed by atoms with Crippen LogP contribution in [0.5, 0.6) is 5.75 Å². The normalized spacial score (nSPS) is 10.6. The largest absolute Gasteiger partial charge is 0.459 e. The van der Waals surface area contributed by atoms with Gasteiger partial charge in [-0.15, -0.1) is 0 Å². The van der Waals surface area contributed by atoms with E-state index in [1.54, 1.807) is 54.6 Å². The van der Waals surface area contributed by atoms with Crippen LogP contribution >= 0.6 is 0 Å². The number of para-hydroxylation sites is 1. The van der Waals surface area contributed by atoms with Gasteiger partial charge in [-0.3, -0.25) is 25.2 Å². The number of hydrogen-bond acceptors (Lipinski definition) is 6. The van der Waals surface area contributed by atoms with E-state index in [2.05, 4.69) is 16.2 Å². The van der Waals surface area contributed by atoms with Gasteiger partial charge in [-0.1, -0.05) is 35.9 Å². The molecule has 0 unspecified atom stereocenters. The number of benzene rings is 3. The first-order valence-corrected chi connectivity index (χ1v) is 11.5. The molecule has 4 aromatic rings. The number of carbonyl (C=O) groups is 4. The van der Waals surface area contributed by atoms with E-state index in [9.17, 15) is 19.2 Å². The van der Waals surface area contributed by atoms with E-state index < -0.39 is 23.7 Å². The first-order chi connectivity index (χ1) is 18.4. The highest BCUT2D eigenvalue weighted by Crippen LogP contribution is 2.21. The van der Waals surface area contributed by atoms with Gasteiger partial charge < -0.3 is 14.5 Å². The van der Waals surface area contributed by atoms with Crippen molar-refractivity contribution >= 4 is 35.5 Å². The van der Waals surface area contributed by atoms with E-state index >= 15 is 0 Å². The lowest BCUT2D eigenvalue weighted by Crippen LogP contribution is -2.40. The number of carbonyl (C=O) groups excluding carboxylic acids is 4. The minimum atomic E-state index is -0.597. The number of furan rings is 1. The fourth-order valence-corrected chi connectivity index (χ4v) is 3.26. The van der Waals surface area contributed by atoms with Crippen molar-refractivity contribution in [3.8, 4) is 5.75 Å². The highest BCUT2D eigenvalue weighted by molar-refractivity contribution is 6.03. The molecule has 0 atom stereocenters. The van der Waals surface area contributed by atoms with E-state index in [1.807, 2.05) is 19.1 Å². The maximum absolute atomic E-state index is 12.5. The molecular formula is C29H23N3O6. The summed E-state index contributed by atoms with van der Waals surface area (Å²) in [5.41, 5.74) is 7.27. The lowest BCUT2D eigenvalue weighted by Gasteiger charge is -2.08. The maximum atomic E-state index is 12.5. The fraction of sp³-hybridized carbons (Fsp3) is 0.0345. The molecule has 0 fully saturated rings. The van der Waals surface area contributed by atoms with Gasteiger partial charge in [0.2, 0.25) is 0 Å². The summed E-state index contributed by atoms with van der Waals surface area (Å²) in [6.07, 6.45) is 4.06. The van der Waals surface area contributed by atoms with Gasteiger partial charge in [0, 0.05) is 22.9 Å². The molecule has 0 saturated heterocycles. The molecule has 0 aliphatic carbocycles. The zero-order valence-corrected chi connectivity index (χ0v) is 20.3. The monoisotopic (exact) mass is 509 g/mol. The van der Waals surface area contributed by atoms with E-state index in [-0.39, 0.29) is 17.1 Å². The molecule has 0 bridgehead atoms. The van der Waals surface area contributed by atoms with E-state index in [0.29, 0.717) is 16.8 Å². The smallest absolute Gasteiger partial charge is 0.343 e. The van der Waals surface area contributed by atoms with Gasteiger partial charge in [-0.25, -0.2) is 4.79 Å². The minimum Gasteiger partial charge on any atom is -0.459 e. The topological polar surface area (TPSA) is 127 Å². The molecule has 0 radical (unpaired) electrons. The number of anilines is 1. The quantitative estimate of drug-likeness (QED) is 0.145. The number of aryl methyl sites for hydroxylation is 1. The number of nitrogens with one attached hydrogen (secondary N) is 3. The summed E-state index contributed by atoms with van der Waals surface area (Å²) >= 11 is 0. The Kier molecular flexibility index (Phi) is 8.10. The molecule has 0 saturated carbocycles. The van der Waals surface area contributed by atoms with Crippen molar-refractivity contribution in [1.29, 1.82) is 0 Å². The summed E-state index contributed by atoms with van der Waals surface area (Å²) < 4.78 is 10.5. The average molecular weight is 510 g/mol. The Labute approximate surface area is 218 Å². The molecule has 1 aromatic heterocycles. The third-order valence-electron chi connectivity index (χ3n) is 5.27. The molecule has 38 heavy (non-hydrogen) atoms. The molecule has 3 amide bonds. The van der Waals surface area contributed by atoms with Gasteiger partial charge >= 0.3 is 5.97 Å². The Morgan fingerprint density at radius 1 is 0.763 bits per heavy atom. The van der Waals surface area contributed by atoms with Crippen molar-refractivity contribution in [2.24, 2.45) is 0 Å². The van der Waals surface area contributed by atoms with Crippen molar-refractivity contribution in [3.63, 3.8) is 0 Å². The van der Waals surface area contributed by atoms with Crippen LogP contribution in [0.3, 0.4) is 0 Å². The fourth-order valence-electron chi connectivity index (χ4n) is 3.26. The Morgan fingerprint density at radius 2 is 1.47 bits per heavy atom. The first-order valence-electron chi connectivity index (χ1n) is 11.5.